The normalized spacial score (nSPS) is 11.6. The van der Waals surface area contributed by atoms with E-state index in [1.165, 1.54) is 5.56 Å². The van der Waals surface area contributed by atoms with Crippen LogP contribution in [0.4, 0.5) is 0 Å². The van der Waals surface area contributed by atoms with Crippen LogP contribution in [0.3, 0.4) is 0 Å². The van der Waals surface area contributed by atoms with Gasteiger partial charge in [-0.3, -0.25) is 0 Å². The number of hydrogen-bond acceptors (Lipinski definition) is 3. The number of nitrogens with zero attached hydrogens (tertiary/aromatic N) is 1. The summed E-state index contributed by atoms with van der Waals surface area (Å²) in [5, 5.41) is 3.38. The van der Waals surface area contributed by atoms with Gasteiger partial charge in [-0.15, -0.1) is 0 Å². The Balaban J connectivity index is 2.15. The Labute approximate surface area is 92.5 Å². The molecule has 3 heteroatoms. The van der Waals surface area contributed by atoms with Crippen LogP contribution in [-0.4, -0.2) is 31.1 Å². The molecule has 3 nitrogen and oxygen atoms in total. The number of aryl methyl sites for hydroxylation is 1. The largest absolute Gasteiger partial charge is 0.468 e. The Kier molecular flexibility index (Phi) is 4.85. The average Bonchev–Trinajstić information content (AvgIpc) is 2.58. The molecule has 0 amide bonds. The van der Waals surface area contributed by atoms with Crippen LogP contribution in [0.25, 0.3) is 0 Å². The van der Waals surface area contributed by atoms with Crippen molar-refractivity contribution in [2.45, 2.75) is 33.4 Å². The fourth-order valence-corrected chi connectivity index (χ4v) is 1.30. The third-order valence-electron chi connectivity index (χ3n) is 2.78. The maximum absolute atomic E-state index is 5.34. The highest BCUT2D eigenvalue weighted by molar-refractivity contribution is 5.13. The van der Waals surface area contributed by atoms with Crippen molar-refractivity contribution in [2.24, 2.45) is 0 Å². The molecule has 0 aliphatic rings. The zero-order valence-electron chi connectivity index (χ0n) is 10.2. The Morgan fingerprint density at radius 3 is 2.73 bits per heavy atom. The van der Waals surface area contributed by atoms with Crippen LogP contribution in [0.1, 0.15) is 25.2 Å². The monoisotopic (exact) mass is 210 g/mol. The van der Waals surface area contributed by atoms with Crippen LogP contribution in [0.2, 0.25) is 0 Å². The minimum Gasteiger partial charge on any atom is -0.468 e. The molecule has 0 aliphatic carbocycles. The second kappa shape index (κ2) is 5.93. The molecule has 0 fully saturated rings. The molecule has 0 atom stereocenters. The standard InChI is InChI=1S/C12H22N2O/c1-10(2)14(4)7-6-13-9-12-11(3)5-8-15-12/h5,8,10,13H,6-7,9H2,1-4H3. The minimum absolute atomic E-state index is 0.608. The van der Waals surface area contributed by atoms with Crippen LogP contribution in [0.15, 0.2) is 16.7 Å². The van der Waals surface area contributed by atoms with E-state index in [1.807, 2.05) is 6.07 Å². The van der Waals surface area contributed by atoms with Crippen LogP contribution >= 0.6 is 0 Å². The summed E-state index contributed by atoms with van der Waals surface area (Å²) in [5.41, 5.74) is 1.22. The summed E-state index contributed by atoms with van der Waals surface area (Å²) in [6.45, 7) is 9.37. The van der Waals surface area contributed by atoms with Crippen molar-refractivity contribution in [3.63, 3.8) is 0 Å². The van der Waals surface area contributed by atoms with E-state index in [1.54, 1.807) is 6.26 Å². The van der Waals surface area contributed by atoms with Gasteiger partial charge < -0.3 is 14.6 Å². The molecule has 86 valence electrons. The number of nitrogens with one attached hydrogen (secondary N) is 1. The summed E-state index contributed by atoms with van der Waals surface area (Å²) in [5.74, 6) is 1.04. The van der Waals surface area contributed by atoms with Crippen molar-refractivity contribution in [3.05, 3.63) is 23.7 Å². The summed E-state index contributed by atoms with van der Waals surface area (Å²) in [7, 11) is 2.14. The number of furan rings is 1. The molecule has 0 aliphatic heterocycles. The first-order valence-corrected chi connectivity index (χ1v) is 5.55. The molecular formula is C12H22N2O. The zero-order valence-corrected chi connectivity index (χ0v) is 10.2. The quantitative estimate of drug-likeness (QED) is 0.728. The molecule has 1 N–H and O–H groups in total. The van der Waals surface area contributed by atoms with Gasteiger partial charge in [0.25, 0.3) is 0 Å². The lowest BCUT2D eigenvalue weighted by molar-refractivity contribution is 0.272. The summed E-state index contributed by atoms with van der Waals surface area (Å²) >= 11 is 0. The van der Waals surface area contributed by atoms with E-state index in [2.05, 4.69) is 38.0 Å². The van der Waals surface area contributed by atoms with Crippen LogP contribution in [-0.2, 0) is 6.54 Å². The van der Waals surface area contributed by atoms with E-state index < -0.39 is 0 Å². The topological polar surface area (TPSA) is 28.4 Å². The molecule has 0 bridgehead atoms. The first-order chi connectivity index (χ1) is 7.11. The lowest BCUT2D eigenvalue weighted by Crippen LogP contribution is -2.33. The maximum Gasteiger partial charge on any atom is 0.120 e. The van der Waals surface area contributed by atoms with E-state index in [4.69, 9.17) is 4.42 Å². The highest BCUT2D eigenvalue weighted by Gasteiger charge is 2.03. The zero-order chi connectivity index (χ0) is 11.3. The second-order valence-electron chi connectivity index (χ2n) is 4.28. The smallest absolute Gasteiger partial charge is 0.120 e. The lowest BCUT2D eigenvalue weighted by Gasteiger charge is -2.20. The van der Waals surface area contributed by atoms with Crippen molar-refractivity contribution in [3.8, 4) is 0 Å². The molecule has 0 spiro atoms. The molecule has 1 rings (SSSR count). The SMILES string of the molecule is Cc1ccoc1CNCCN(C)C(C)C. The molecular weight excluding hydrogens is 188 g/mol. The molecule has 15 heavy (non-hydrogen) atoms. The Hall–Kier alpha value is -0.800. The van der Waals surface area contributed by atoms with Gasteiger partial charge in [-0.25, -0.2) is 0 Å². The average molecular weight is 210 g/mol. The molecule has 1 aromatic rings. The van der Waals surface area contributed by atoms with Gasteiger partial charge in [-0.05, 0) is 39.4 Å². The Bertz CT molecular complexity index is 281. The molecule has 0 unspecified atom stereocenters. The van der Waals surface area contributed by atoms with E-state index in [0.717, 1.165) is 25.4 Å². The fourth-order valence-electron chi connectivity index (χ4n) is 1.30. The first-order valence-electron chi connectivity index (χ1n) is 5.55. The lowest BCUT2D eigenvalue weighted by atomic mass is 10.3. The molecule has 0 aromatic carbocycles. The Morgan fingerprint density at radius 1 is 1.47 bits per heavy atom. The predicted molar refractivity (Wildman–Crippen MR) is 62.9 cm³/mol. The van der Waals surface area contributed by atoms with Crippen molar-refractivity contribution in [1.29, 1.82) is 0 Å². The number of hydrogen-bond donors (Lipinski definition) is 1. The summed E-state index contributed by atoms with van der Waals surface area (Å²) < 4.78 is 5.34. The third-order valence-corrected chi connectivity index (χ3v) is 2.78. The number of likely N-dealkylation sites (N-methyl/N-ethyl adjacent to an activating group) is 1. The van der Waals surface area contributed by atoms with E-state index in [-0.39, 0.29) is 0 Å². The molecule has 0 saturated carbocycles. The maximum atomic E-state index is 5.34. The summed E-state index contributed by atoms with van der Waals surface area (Å²) in [6.07, 6.45) is 1.74. The van der Waals surface area contributed by atoms with Gasteiger partial charge in [0.1, 0.15) is 5.76 Å². The first kappa shape index (κ1) is 12.3. The van der Waals surface area contributed by atoms with Gasteiger partial charge >= 0.3 is 0 Å². The van der Waals surface area contributed by atoms with Crippen LogP contribution in [0, 0.1) is 6.92 Å². The van der Waals surface area contributed by atoms with Gasteiger partial charge in [0.05, 0.1) is 12.8 Å². The van der Waals surface area contributed by atoms with E-state index in [9.17, 15) is 0 Å². The minimum atomic E-state index is 0.608. The summed E-state index contributed by atoms with van der Waals surface area (Å²) in [6, 6.07) is 2.61. The van der Waals surface area contributed by atoms with E-state index >= 15 is 0 Å². The highest BCUT2D eigenvalue weighted by atomic mass is 16.3. The van der Waals surface area contributed by atoms with Crippen LogP contribution in [0.5, 0.6) is 0 Å². The predicted octanol–water partition coefficient (Wildman–Crippen LogP) is 2.02. The molecule has 0 radical (unpaired) electrons. The van der Waals surface area contributed by atoms with Gasteiger partial charge in [0, 0.05) is 19.1 Å². The molecule has 1 aromatic heterocycles. The van der Waals surface area contributed by atoms with Gasteiger partial charge in [-0.2, -0.15) is 0 Å². The third kappa shape index (κ3) is 4.06. The van der Waals surface area contributed by atoms with Gasteiger partial charge in [0.2, 0.25) is 0 Å². The highest BCUT2D eigenvalue weighted by Crippen LogP contribution is 2.07. The molecule has 1 heterocycles. The van der Waals surface area contributed by atoms with E-state index in [0.29, 0.717) is 6.04 Å². The van der Waals surface area contributed by atoms with Crippen molar-refractivity contribution >= 4 is 0 Å². The van der Waals surface area contributed by atoms with Gasteiger partial charge in [0.15, 0.2) is 0 Å². The summed E-state index contributed by atoms with van der Waals surface area (Å²) in [4.78, 5) is 2.32. The molecule has 0 saturated heterocycles. The van der Waals surface area contributed by atoms with Gasteiger partial charge in [-0.1, -0.05) is 0 Å². The number of rotatable bonds is 6. The van der Waals surface area contributed by atoms with Crippen molar-refractivity contribution in [2.75, 3.05) is 20.1 Å². The Morgan fingerprint density at radius 2 is 2.20 bits per heavy atom. The van der Waals surface area contributed by atoms with Crippen LogP contribution < -0.4 is 5.32 Å². The van der Waals surface area contributed by atoms with Crippen molar-refractivity contribution < 1.29 is 4.42 Å². The second-order valence-corrected chi connectivity index (χ2v) is 4.28. The fraction of sp³-hybridized carbons (Fsp3) is 0.667. The van der Waals surface area contributed by atoms with Crippen molar-refractivity contribution in [1.82, 2.24) is 10.2 Å².